The van der Waals surface area contributed by atoms with Gasteiger partial charge in [-0.05, 0) is 19.3 Å². The van der Waals surface area contributed by atoms with Crippen LogP contribution in [0.5, 0.6) is 0 Å². The molecule has 3 amide bonds. The normalized spacial score (nSPS) is 16.3. The van der Waals surface area contributed by atoms with Crippen LogP contribution in [0.4, 0.5) is 4.79 Å². The Morgan fingerprint density at radius 3 is 2.29 bits per heavy atom. The van der Waals surface area contributed by atoms with Gasteiger partial charge in [-0.3, -0.25) is 9.59 Å². The quantitative estimate of drug-likeness (QED) is 0.605. The third-order valence-corrected chi connectivity index (χ3v) is 3.86. The van der Waals surface area contributed by atoms with E-state index >= 15 is 0 Å². The summed E-state index contributed by atoms with van der Waals surface area (Å²) in [5.41, 5.74) is -0.484. The second-order valence-corrected chi connectivity index (χ2v) is 5.79. The first-order valence-corrected chi connectivity index (χ1v) is 7.33. The molecule has 3 N–H and O–H groups in total. The van der Waals surface area contributed by atoms with Gasteiger partial charge in [0.15, 0.2) is 0 Å². The van der Waals surface area contributed by atoms with Crippen molar-refractivity contribution in [3.63, 3.8) is 0 Å². The summed E-state index contributed by atoms with van der Waals surface area (Å²) >= 11 is 0. The molecule has 0 unspecified atom stereocenters. The molecule has 21 heavy (non-hydrogen) atoms. The summed E-state index contributed by atoms with van der Waals surface area (Å²) in [4.78, 5) is 35.9. The van der Waals surface area contributed by atoms with Gasteiger partial charge in [-0.1, -0.05) is 12.8 Å². The van der Waals surface area contributed by atoms with E-state index in [9.17, 15) is 14.4 Å². The summed E-state index contributed by atoms with van der Waals surface area (Å²) in [7, 11) is 3.46. The van der Waals surface area contributed by atoms with Gasteiger partial charge in [0.1, 0.15) is 0 Å². The van der Waals surface area contributed by atoms with Crippen LogP contribution in [0.15, 0.2) is 0 Å². The Hall–Kier alpha value is -1.79. The molecule has 1 aliphatic carbocycles. The molecular weight excluding hydrogens is 274 g/mol. The van der Waals surface area contributed by atoms with Crippen LogP contribution < -0.4 is 10.6 Å². The van der Waals surface area contributed by atoms with Crippen molar-refractivity contribution in [3.8, 4) is 0 Å². The highest BCUT2D eigenvalue weighted by molar-refractivity contribution is 5.84. The lowest BCUT2D eigenvalue weighted by Crippen LogP contribution is -2.48. The molecule has 1 saturated carbocycles. The molecule has 0 aliphatic heterocycles. The van der Waals surface area contributed by atoms with Crippen molar-refractivity contribution < 1.29 is 19.5 Å². The predicted molar refractivity (Wildman–Crippen MR) is 77.9 cm³/mol. The van der Waals surface area contributed by atoms with Crippen LogP contribution >= 0.6 is 0 Å². The molecule has 1 aliphatic rings. The summed E-state index contributed by atoms with van der Waals surface area (Å²) in [6.45, 7) is 0.640. The monoisotopic (exact) mass is 299 g/mol. The first kappa shape index (κ1) is 17.3. The number of carboxylic acid groups (broad SMARTS) is 1. The minimum Gasteiger partial charge on any atom is -0.481 e. The van der Waals surface area contributed by atoms with Crippen LogP contribution in [0.25, 0.3) is 0 Å². The second-order valence-electron chi connectivity index (χ2n) is 5.79. The van der Waals surface area contributed by atoms with Crippen LogP contribution in [-0.2, 0) is 9.59 Å². The largest absolute Gasteiger partial charge is 0.481 e. The summed E-state index contributed by atoms with van der Waals surface area (Å²) in [5.74, 6) is -0.815. The van der Waals surface area contributed by atoms with Crippen LogP contribution in [0.3, 0.4) is 0 Å². The Balaban J connectivity index is 2.38. The molecule has 1 rings (SSSR count). The Morgan fingerprint density at radius 1 is 1.14 bits per heavy atom. The summed E-state index contributed by atoms with van der Waals surface area (Å²) < 4.78 is 0. The molecule has 0 aromatic carbocycles. The average molecular weight is 299 g/mol. The zero-order valence-corrected chi connectivity index (χ0v) is 12.8. The molecule has 1 fully saturated rings. The summed E-state index contributed by atoms with van der Waals surface area (Å²) in [6.07, 6.45) is 4.02. The minimum atomic E-state index is -0.876. The maximum Gasteiger partial charge on any atom is 0.314 e. The van der Waals surface area contributed by atoms with Gasteiger partial charge in [0.05, 0.1) is 5.41 Å². The second kappa shape index (κ2) is 7.85. The highest BCUT2D eigenvalue weighted by atomic mass is 16.4. The van der Waals surface area contributed by atoms with E-state index in [-0.39, 0.29) is 18.4 Å². The number of hydrogen-bond donors (Lipinski definition) is 3. The van der Waals surface area contributed by atoms with E-state index in [0.29, 0.717) is 19.5 Å². The molecule has 0 spiro atoms. The van der Waals surface area contributed by atoms with E-state index in [1.807, 2.05) is 0 Å². The smallest absolute Gasteiger partial charge is 0.314 e. The highest BCUT2D eigenvalue weighted by Gasteiger charge is 2.42. The standard InChI is InChI=1S/C14H25N3O4/c1-17(2)12(20)14(7-3-4-8-14)10-16-13(21)15-9-5-6-11(18)19/h3-10H2,1-2H3,(H,18,19)(H2,15,16,21). The van der Waals surface area contributed by atoms with Gasteiger partial charge >= 0.3 is 12.0 Å². The molecule has 120 valence electrons. The molecule has 0 aromatic rings. The number of carbonyl (C=O) groups excluding carboxylic acids is 2. The highest BCUT2D eigenvalue weighted by Crippen LogP contribution is 2.38. The van der Waals surface area contributed by atoms with Gasteiger partial charge in [-0.15, -0.1) is 0 Å². The van der Waals surface area contributed by atoms with Crippen LogP contribution in [0.1, 0.15) is 38.5 Å². The van der Waals surface area contributed by atoms with E-state index in [1.54, 1.807) is 19.0 Å². The van der Waals surface area contributed by atoms with Gasteiger partial charge in [0.2, 0.25) is 5.91 Å². The number of nitrogens with one attached hydrogen (secondary N) is 2. The van der Waals surface area contributed by atoms with Gasteiger partial charge in [-0.2, -0.15) is 0 Å². The third-order valence-electron chi connectivity index (χ3n) is 3.86. The molecule has 0 saturated heterocycles. The Bertz CT molecular complexity index is 390. The Labute approximate surface area is 125 Å². The van der Waals surface area contributed by atoms with Gasteiger partial charge in [0, 0.05) is 33.6 Å². The number of urea groups is 1. The molecule has 7 heteroatoms. The van der Waals surface area contributed by atoms with Crippen molar-refractivity contribution in [2.45, 2.75) is 38.5 Å². The van der Waals surface area contributed by atoms with Crippen molar-refractivity contribution in [2.75, 3.05) is 27.2 Å². The molecule has 0 radical (unpaired) electrons. The van der Waals surface area contributed by atoms with E-state index in [1.165, 1.54) is 0 Å². The lowest BCUT2D eigenvalue weighted by molar-refractivity contribution is -0.139. The zero-order valence-electron chi connectivity index (χ0n) is 12.8. The van der Waals surface area contributed by atoms with Gasteiger partial charge in [-0.25, -0.2) is 4.79 Å². The fourth-order valence-corrected chi connectivity index (χ4v) is 2.75. The SMILES string of the molecule is CN(C)C(=O)C1(CNC(=O)NCCCC(=O)O)CCCC1. The lowest BCUT2D eigenvalue weighted by Gasteiger charge is -2.30. The van der Waals surface area contributed by atoms with E-state index in [2.05, 4.69) is 10.6 Å². The Kier molecular flexibility index (Phi) is 6.45. The van der Waals surface area contributed by atoms with E-state index < -0.39 is 11.4 Å². The average Bonchev–Trinajstić information content (AvgIpc) is 2.90. The molecule has 0 aromatic heterocycles. The summed E-state index contributed by atoms with van der Waals surface area (Å²) in [6, 6.07) is -0.349. The van der Waals surface area contributed by atoms with E-state index in [0.717, 1.165) is 25.7 Å². The minimum absolute atomic E-state index is 0.0311. The van der Waals surface area contributed by atoms with E-state index in [4.69, 9.17) is 5.11 Å². The maximum atomic E-state index is 12.3. The molecule has 0 bridgehead atoms. The van der Waals surface area contributed by atoms with Crippen molar-refractivity contribution in [2.24, 2.45) is 5.41 Å². The maximum absolute atomic E-state index is 12.3. The van der Waals surface area contributed by atoms with Gasteiger partial charge < -0.3 is 20.6 Å². The number of carboxylic acids is 1. The first-order valence-electron chi connectivity index (χ1n) is 7.33. The molecular formula is C14H25N3O4. The van der Waals surface area contributed by atoms with Crippen LogP contribution in [-0.4, -0.2) is 55.1 Å². The van der Waals surface area contributed by atoms with Crippen molar-refractivity contribution in [1.29, 1.82) is 0 Å². The topological polar surface area (TPSA) is 98.7 Å². The van der Waals surface area contributed by atoms with Crippen molar-refractivity contribution >= 4 is 17.9 Å². The fourth-order valence-electron chi connectivity index (χ4n) is 2.75. The number of carbonyl (C=O) groups is 3. The number of hydrogen-bond acceptors (Lipinski definition) is 3. The number of nitrogens with zero attached hydrogens (tertiary/aromatic N) is 1. The number of rotatable bonds is 7. The predicted octanol–water partition coefficient (Wildman–Crippen LogP) is 0.799. The zero-order chi connectivity index (χ0) is 15.9. The van der Waals surface area contributed by atoms with Crippen LogP contribution in [0.2, 0.25) is 0 Å². The molecule has 0 heterocycles. The third kappa shape index (κ3) is 5.24. The van der Waals surface area contributed by atoms with Gasteiger partial charge in [0.25, 0.3) is 0 Å². The number of aliphatic carboxylic acids is 1. The Morgan fingerprint density at radius 2 is 1.76 bits per heavy atom. The van der Waals surface area contributed by atoms with Crippen molar-refractivity contribution in [1.82, 2.24) is 15.5 Å². The lowest BCUT2D eigenvalue weighted by atomic mass is 9.84. The van der Waals surface area contributed by atoms with Crippen molar-refractivity contribution in [3.05, 3.63) is 0 Å². The molecule has 0 atom stereocenters. The number of amides is 3. The first-order chi connectivity index (χ1) is 9.87. The fraction of sp³-hybridized carbons (Fsp3) is 0.786. The van der Waals surface area contributed by atoms with Crippen LogP contribution in [0, 0.1) is 5.41 Å². The summed E-state index contributed by atoms with van der Waals surface area (Å²) in [5, 5.41) is 13.9. The molecule has 7 nitrogen and oxygen atoms in total.